The number of rotatable bonds is 7. The van der Waals surface area contributed by atoms with Gasteiger partial charge in [-0.15, -0.1) is 6.58 Å². The van der Waals surface area contributed by atoms with Gasteiger partial charge in [0.1, 0.15) is 17.9 Å². The minimum Gasteiger partial charge on any atom is -0.487 e. The molecule has 3 aromatic rings. The van der Waals surface area contributed by atoms with Crippen molar-refractivity contribution in [3.8, 4) is 5.75 Å². The second-order valence-electron chi connectivity index (χ2n) is 8.40. The van der Waals surface area contributed by atoms with E-state index >= 15 is 0 Å². The minimum absolute atomic E-state index is 0.191. The van der Waals surface area contributed by atoms with E-state index in [1.165, 1.54) is 12.1 Å². The molecule has 0 bridgehead atoms. The smallest absolute Gasteiger partial charge is 0.335 e. The lowest BCUT2D eigenvalue weighted by Crippen LogP contribution is -2.54. The van der Waals surface area contributed by atoms with Crippen LogP contribution in [-0.4, -0.2) is 17.8 Å². The van der Waals surface area contributed by atoms with Crippen LogP contribution >= 0.6 is 50.7 Å². The van der Waals surface area contributed by atoms with Crippen LogP contribution in [0, 0.1) is 6.92 Å². The molecule has 38 heavy (non-hydrogen) atoms. The molecule has 1 fully saturated rings. The number of ether oxygens (including phenoxy) is 1. The molecule has 194 valence electrons. The van der Waals surface area contributed by atoms with Crippen LogP contribution in [-0.2, 0) is 22.6 Å². The number of aryl methyl sites for hydroxylation is 1. The highest BCUT2D eigenvalue weighted by Crippen LogP contribution is 2.34. The number of allylic oxidation sites excluding steroid dienone is 1. The number of urea groups is 1. The number of anilines is 1. The van der Waals surface area contributed by atoms with Gasteiger partial charge < -0.3 is 4.74 Å². The summed E-state index contributed by atoms with van der Waals surface area (Å²) >= 11 is 22.0. The summed E-state index contributed by atoms with van der Waals surface area (Å²) in [5, 5.41) is 3.61. The lowest BCUT2D eigenvalue weighted by atomic mass is 10.0. The molecule has 6 nitrogen and oxygen atoms in total. The third-order valence-electron chi connectivity index (χ3n) is 5.72. The van der Waals surface area contributed by atoms with Crippen molar-refractivity contribution >= 4 is 80.3 Å². The third-order valence-corrected chi connectivity index (χ3v) is 7.30. The van der Waals surface area contributed by atoms with Gasteiger partial charge in [0, 0.05) is 20.6 Å². The lowest BCUT2D eigenvalue weighted by molar-refractivity contribution is -0.122. The average molecular weight is 635 g/mol. The van der Waals surface area contributed by atoms with Crippen molar-refractivity contribution in [1.29, 1.82) is 0 Å². The number of halogens is 4. The summed E-state index contributed by atoms with van der Waals surface area (Å²) in [6.07, 6.45) is 3.58. The third kappa shape index (κ3) is 5.97. The van der Waals surface area contributed by atoms with Gasteiger partial charge in [-0.25, -0.2) is 9.69 Å². The Morgan fingerprint density at radius 2 is 1.76 bits per heavy atom. The van der Waals surface area contributed by atoms with Crippen molar-refractivity contribution < 1.29 is 19.1 Å². The van der Waals surface area contributed by atoms with E-state index in [4.69, 9.17) is 39.5 Å². The Labute approximate surface area is 242 Å². The Bertz CT molecular complexity index is 1520. The fourth-order valence-corrected chi connectivity index (χ4v) is 5.07. The molecule has 0 atom stereocenters. The van der Waals surface area contributed by atoms with E-state index in [1.807, 2.05) is 0 Å². The molecule has 3 aromatic carbocycles. The number of hydrogen-bond donors (Lipinski definition) is 1. The van der Waals surface area contributed by atoms with Crippen molar-refractivity contribution in [2.24, 2.45) is 0 Å². The molecule has 0 radical (unpaired) electrons. The highest BCUT2D eigenvalue weighted by Gasteiger charge is 2.37. The SMILES string of the molecule is C=CCc1cc(/C=C2/C(=O)NC(=O)N(c3ccc(C)c(Cl)c3)C2=O)cc(Br)c1OCc1ccc(Cl)cc1Cl. The van der Waals surface area contributed by atoms with Gasteiger partial charge in [0.25, 0.3) is 11.8 Å². The topological polar surface area (TPSA) is 75.7 Å². The molecule has 0 spiro atoms. The summed E-state index contributed by atoms with van der Waals surface area (Å²) in [5.74, 6) is -1.00. The largest absolute Gasteiger partial charge is 0.487 e. The van der Waals surface area contributed by atoms with Gasteiger partial charge in [-0.05, 0) is 88.4 Å². The molecule has 1 heterocycles. The summed E-state index contributed by atoms with van der Waals surface area (Å²) in [6, 6.07) is 12.6. The van der Waals surface area contributed by atoms with Gasteiger partial charge >= 0.3 is 6.03 Å². The molecule has 0 aromatic heterocycles. The molecule has 1 N–H and O–H groups in total. The first kappa shape index (κ1) is 27.9. The fourth-order valence-electron chi connectivity index (χ4n) is 3.79. The zero-order valence-corrected chi connectivity index (χ0v) is 23.8. The van der Waals surface area contributed by atoms with Crippen molar-refractivity contribution in [3.63, 3.8) is 0 Å². The number of benzene rings is 3. The Morgan fingerprint density at radius 1 is 1.00 bits per heavy atom. The fraction of sp³-hybridized carbons (Fsp3) is 0.107. The van der Waals surface area contributed by atoms with Crippen molar-refractivity contribution in [3.05, 3.63) is 109 Å². The van der Waals surface area contributed by atoms with Crippen LogP contribution in [0.5, 0.6) is 5.75 Å². The van der Waals surface area contributed by atoms with Crippen LogP contribution < -0.4 is 15.0 Å². The normalized spacial score (nSPS) is 14.6. The van der Waals surface area contributed by atoms with Gasteiger partial charge in [-0.3, -0.25) is 14.9 Å². The van der Waals surface area contributed by atoms with Gasteiger partial charge in [-0.2, -0.15) is 0 Å². The first-order chi connectivity index (χ1) is 18.1. The summed E-state index contributed by atoms with van der Waals surface area (Å²) in [6.45, 7) is 5.80. The van der Waals surface area contributed by atoms with E-state index in [0.717, 1.165) is 21.6 Å². The first-order valence-electron chi connectivity index (χ1n) is 11.3. The van der Waals surface area contributed by atoms with Crippen LogP contribution in [0.15, 0.2) is 71.2 Å². The maximum atomic E-state index is 13.3. The predicted molar refractivity (Wildman–Crippen MR) is 154 cm³/mol. The number of barbiturate groups is 1. The maximum absolute atomic E-state index is 13.3. The molecule has 4 rings (SSSR count). The van der Waals surface area contributed by atoms with Crippen LogP contribution in [0.4, 0.5) is 10.5 Å². The van der Waals surface area contributed by atoms with Gasteiger partial charge in [0.05, 0.1) is 10.2 Å². The highest BCUT2D eigenvalue weighted by molar-refractivity contribution is 9.10. The molecule has 1 saturated heterocycles. The second-order valence-corrected chi connectivity index (χ2v) is 10.5. The van der Waals surface area contributed by atoms with Crippen LogP contribution in [0.3, 0.4) is 0 Å². The number of nitrogens with zero attached hydrogens (tertiary/aromatic N) is 1. The first-order valence-corrected chi connectivity index (χ1v) is 13.2. The number of amides is 4. The molecule has 4 amide bonds. The Morgan fingerprint density at radius 3 is 2.45 bits per heavy atom. The predicted octanol–water partition coefficient (Wildman–Crippen LogP) is 7.69. The number of carbonyl (C=O) groups excluding carboxylic acids is 3. The molecule has 0 saturated carbocycles. The zero-order valence-electron chi connectivity index (χ0n) is 20.0. The number of nitrogens with one attached hydrogen (secondary N) is 1. The molecular formula is C28H20BrCl3N2O4. The van der Waals surface area contributed by atoms with E-state index in [-0.39, 0.29) is 17.9 Å². The average Bonchev–Trinajstić information content (AvgIpc) is 2.84. The van der Waals surface area contributed by atoms with Crippen LogP contribution in [0.25, 0.3) is 6.08 Å². The number of imide groups is 2. The van der Waals surface area contributed by atoms with Crippen molar-refractivity contribution in [1.82, 2.24) is 5.32 Å². The molecule has 10 heteroatoms. The van der Waals surface area contributed by atoms with Crippen molar-refractivity contribution in [2.45, 2.75) is 20.0 Å². The molecule has 1 aliphatic heterocycles. The summed E-state index contributed by atoms with van der Waals surface area (Å²) < 4.78 is 6.66. The quantitative estimate of drug-likeness (QED) is 0.164. The molecule has 0 aliphatic carbocycles. The molecular weight excluding hydrogens is 615 g/mol. The van der Waals surface area contributed by atoms with E-state index < -0.39 is 17.8 Å². The Kier molecular flexibility index (Phi) is 8.63. The second kappa shape index (κ2) is 11.7. The van der Waals surface area contributed by atoms with Crippen LogP contribution in [0.1, 0.15) is 22.3 Å². The maximum Gasteiger partial charge on any atom is 0.335 e. The van der Waals surface area contributed by atoms with Gasteiger partial charge in [0.2, 0.25) is 0 Å². The van der Waals surface area contributed by atoms with E-state index in [1.54, 1.807) is 55.5 Å². The van der Waals surface area contributed by atoms with Crippen LogP contribution in [0.2, 0.25) is 15.1 Å². The summed E-state index contributed by atoms with van der Waals surface area (Å²) in [4.78, 5) is 39.3. The minimum atomic E-state index is -0.852. The summed E-state index contributed by atoms with van der Waals surface area (Å²) in [7, 11) is 0. The monoisotopic (exact) mass is 632 g/mol. The van der Waals surface area contributed by atoms with Crippen molar-refractivity contribution in [2.75, 3.05) is 4.90 Å². The van der Waals surface area contributed by atoms with Gasteiger partial charge in [0.15, 0.2) is 0 Å². The highest BCUT2D eigenvalue weighted by atomic mass is 79.9. The zero-order chi connectivity index (χ0) is 27.6. The van der Waals surface area contributed by atoms with E-state index in [2.05, 4.69) is 27.8 Å². The summed E-state index contributed by atoms with van der Waals surface area (Å²) in [5.41, 5.74) is 2.88. The molecule has 0 unspecified atom stereocenters. The number of hydrogen-bond acceptors (Lipinski definition) is 4. The lowest BCUT2D eigenvalue weighted by Gasteiger charge is -2.26. The molecule has 1 aliphatic rings. The standard InChI is InChI=1S/C28H20BrCl3N2O4/c1-3-4-17-9-16(11-22(29)25(17)38-14-18-6-7-19(30)12-24(18)32)10-21-26(35)33-28(37)34(27(21)36)20-8-5-15(2)23(31)13-20/h3,5-13H,1,4,14H2,2H3,(H,33,35,37)/b21-10-. The Hall–Kier alpha value is -3.10. The van der Waals surface area contributed by atoms with E-state index in [0.29, 0.717) is 37.3 Å². The number of carbonyl (C=O) groups is 3. The van der Waals surface area contributed by atoms with E-state index in [9.17, 15) is 14.4 Å². The van der Waals surface area contributed by atoms with Gasteiger partial charge in [-0.1, -0.05) is 53.0 Å². The Balaban J connectivity index is 1.67.